The summed E-state index contributed by atoms with van der Waals surface area (Å²) in [5.74, 6) is 1.71. The van der Waals surface area contributed by atoms with E-state index in [1.54, 1.807) is 0 Å². The topological polar surface area (TPSA) is 49.8 Å². The SMILES string of the molecule is CC1(C(=O)O)CCCN1C1CCOC2(CCSCC2)C1. The molecule has 2 unspecified atom stereocenters. The first-order valence-electron chi connectivity index (χ1n) is 7.78. The predicted molar refractivity (Wildman–Crippen MR) is 80.2 cm³/mol. The summed E-state index contributed by atoms with van der Waals surface area (Å²) >= 11 is 2.01. The van der Waals surface area contributed by atoms with Gasteiger partial charge in [-0.05, 0) is 63.5 Å². The zero-order chi connectivity index (χ0) is 14.2. The van der Waals surface area contributed by atoms with Crippen LogP contribution in [0.2, 0.25) is 0 Å². The first-order chi connectivity index (χ1) is 9.56. The van der Waals surface area contributed by atoms with E-state index in [-0.39, 0.29) is 5.60 Å². The molecule has 114 valence electrons. The molecular weight excluding hydrogens is 274 g/mol. The summed E-state index contributed by atoms with van der Waals surface area (Å²) in [4.78, 5) is 13.9. The molecule has 0 aromatic heterocycles. The molecule has 3 aliphatic rings. The lowest BCUT2D eigenvalue weighted by molar-refractivity contribution is -0.156. The second-order valence-electron chi connectivity index (χ2n) is 6.67. The van der Waals surface area contributed by atoms with E-state index in [9.17, 15) is 9.90 Å². The van der Waals surface area contributed by atoms with Crippen LogP contribution >= 0.6 is 11.8 Å². The lowest BCUT2D eigenvalue weighted by Crippen LogP contribution is -2.57. The predicted octanol–water partition coefficient (Wildman–Crippen LogP) is 2.37. The van der Waals surface area contributed by atoms with Gasteiger partial charge in [0.05, 0.1) is 5.60 Å². The number of nitrogens with zero attached hydrogens (tertiary/aromatic N) is 1. The van der Waals surface area contributed by atoms with Crippen molar-refractivity contribution in [2.75, 3.05) is 24.7 Å². The van der Waals surface area contributed by atoms with Crippen LogP contribution in [0.4, 0.5) is 0 Å². The van der Waals surface area contributed by atoms with Gasteiger partial charge in [-0.25, -0.2) is 0 Å². The van der Waals surface area contributed by atoms with Crippen LogP contribution < -0.4 is 0 Å². The molecule has 0 aromatic rings. The summed E-state index contributed by atoms with van der Waals surface area (Å²) in [6.45, 7) is 3.63. The minimum Gasteiger partial charge on any atom is -0.480 e. The number of thioether (sulfide) groups is 1. The summed E-state index contributed by atoms with van der Waals surface area (Å²) in [5.41, 5.74) is -0.622. The number of carbonyl (C=O) groups is 1. The Morgan fingerprint density at radius 2 is 2.10 bits per heavy atom. The Balaban J connectivity index is 1.75. The highest BCUT2D eigenvalue weighted by atomic mass is 32.2. The van der Waals surface area contributed by atoms with Crippen LogP contribution in [-0.2, 0) is 9.53 Å². The number of hydrogen-bond donors (Lipinski definition) is 1. The van der Waals surface area contributed by atoms with Crippen molar-refractivity contribution < 1.29 is 14.6 Å². The third-order valence-corrected chi connectivity index (χ3v) is 6.45. The second kappa shape index (κ2) is 5.50. The van der Waals surface area contributed by atoms with E-state index in [1.807, 2.05) is 18.7 Å². The van der Waals surface area contributed by atoms with Crippen LogP contribution in [0.3, 0.4) is 0 Å². The zero-order valence-electron chi connectivity index (χ0n) is 12.3. The van der Waals surface area contributed by atoms with E-state index in [0.717, 1.165) is 51.7 Å². The molecule has 0 radical (unpaired) electrons. The summed E-state index contributed by atoms with van der Waals surface area (Å²) in [7, 11) is 0. The van der Waals surface area contributed by atoms with E-state index in [0.29, 0.717) is 6.04 Å². The summed E-state index contributed by atoms with van der Waals surface area (Å²) in [5, 5.41) is 9.60. The van der Waals surface area contributed by atoms with Crippen LogP contribution in [0.1, 0.15) is 45.4 Å². The Hall–Kier alpha value is -0.260. The van der Waals surface area contributed by atoms with E-state index >= 15 is 0 Å². The smallest absolute Gasteiger partial charge is 0.323 e. The number of hydrogen-bond acceptors (Lipinski definition) is 4. The van der Waals surface area contributed by atoms with Gasteiger partial charge in [-0.1, -0.05) is 0 Å². The second-order valence-corrected chi connectivity index (χ2v) is 7.89. The minimum atomic E-state index is -0.660. The average molecular weight is 299 g/mol. The Morgan fingerprint density at radius 3 is 2.80 bits per heavy atom. The van der Waals surface area contributed by atoms with Gasteiger partial charge in [-0.3, -0.25) is 9.69 Å². The molecule has 3 aliphatic heterocycles. The van der Waals surface area contributed by atoms with E-state index in [2.05, 4.69) is 4.90 Å². The number of likely N-dealkylation sites (tertiary alicyclic amines) is 1. The molecule has 0 saturated carbocycles. The van der Waals surface area contributed by atoms with Gasteiger partial charge < -0.3 is 9.84 Å². The molecule has 4 nitrogen and oxygen atoms in total. The van der Waals surface area contributed by atoms with Crippen LogP contribution in [0.5, 0.6) is 0 Å². The van der Waals surface area contributed by atoms with Crippen molar-refractivity contribution in [3.05, 3.63) is 0 Å². The van der Waals surface area contributed by atoms with Crippen molar-refractivity contribution in [1.29, 1.82) is 0 Å². The fraction of sp³-hybridized carbons (Fsp3) is 0.933. The number of carboxylic acids is 1. The van der Waals surface area contributed by atoms with Gasteiger partial charge in [0, 0.05) is 12.6 Å². The maximum absolute atomic E-state index is 11.7. The minimum absolute atomic E-state index is 0.0379. The quantitative estimate of drug-likeness (QED) is 0.848. The standard InChI is InChI=1S/C15H25NO3S/c1-14(13(17)18)4-2-7-16(14)12-3-8-19-15(11-12)5-9-20-10-6-15/h12H,2-11H2,1H3,(H,17,18). The molecular formula is C15H25NO3S. The molecule has 0 aromatic carbocycles. The van der Waals surface area contributed by atoms with Gasteiger partial charge in [0.25, 0.3) is 0 Å². The van der Waals surface area contributed by atoms with Gasteiger partial charge in [0.1, 0.15) is 5.54 Å². The molecule has 0 amide bonds. The number of rotatable bonds is 2. The Kier molecular flexibility index (Phi) is 4.04. The molecule has 0 aliphatic carbocycles. The van der Waals surface area contributed by atoms with Crippen molar-refractivity contribution in [2.24, 2.45) is 0 Å². The molecule has 20 heavy (non-hydrogen) atoms. The molecule has 3 fully saturated rings. The molecule has 1 N–H and O–H groups in total. The fourth-order valence-corrected chi connectivity index (χ4v) is 5.40. The largest absolute Gasteiger partial charge is 0.480 e. The molecule has 3 rings (SSSR count). The normalized spacial score (nSPS) is 38.1. The van der Waals surface area contributed by atoms with Gasteiger partial charge in [0.15, 0.2) is 0 Å². The fourth-order valence-electron chi connectivity index (χ4n) is 4.16. The Labute approximate surface area is 125 Å². The van der Waals surface area contributed by atoms with Gasteiger partial charge in [0.2, 0.25) is 0 Å². The lowest BCUT2D eigenvalue weighted by atomic mass is 9.83. The maximum atomic E-state index is 11.7. The van der Waals surface area contributed by atoms with Crippen molar-refractivity contribution in [2.45, 2.75) is 62.6 Å². The maximum Gasteiger partial charge on any atom is 0.323 e. The lowest BCUT2D eigenvalue weighted by Gasteiger charge is -2.48. The van der Waals surface area contributed by atoms with E-state index in [1.165, 1.54) is 11.5 Å². The number of ether oxygens (including phenoxy) is 1. The van der Waals surface area contributed by atoms with Crippen LogP contribution in [0.25, 0.3) is 0 Å². The first-order valence-corrected chi connectivity index (χ1v) is 8.93. The summed E-state index contributed by atoms with van der Waals surface area (Å²) < 4.78 is 6.14. The Morgan fingerprint density at radius 1 is 1.35 bits per heavy atom. The van der Waals surface area contributed by atoms with Crippen molar-refractivity contribution in [1.82, 2.24) is 4.90 Å². The highest BCUT2D eigenvalue weighted by molar-refractivity contribution is 7.99. The molecule has 3 heterocycles. The van der Waals surface area contributed by atoms with Crippen molar-refractivity contribution >= 4 is 17.7 Å². The highest BCUT2D eigenvalue weighted by Crippen LogP contribution is 2.42. The van der Waals surface area contributed by atoms with Gasteiger partial charge in [-0.15, -0.1) is 0 Å². The van der Waals surface area contributed by atoms with Crippen molar-refractivity contribution in [3.63, 3.8) is 0 Å². The summed E-state index contributed by atoms with van der Waals surface area (Å²) in [6, 6.07) is 0.385. The van der Waals surface area contributed by atoms with Crippen LogP contribution in [-0.4, -0.2) is 57.8 Å². The molecule has 1 spiro atoms. The zero-order valence-corrected chi connectivity index (χ0v) is 13.1. The monoisotopic (exact) mass is 299 g/mol. The van der Waals surface area contributed by atoms with Gasteiger partial charge in [-0.2, -0.15) is 11.8 Å². The third-order valence-electron chi connectivity index (χ3n) is 5.47. The van der Waals surface area contributed by atoms with Gasteiger partial charge >= 0.3 is 5.97 Å². The van der Waals surface area contributed by atoms with Crippen LogP contribution in [0, 0.1) is 0 Å². The molecule has 0 bridgehead atoms. The first kappa shape index (κ1) is 14.7. The van der Waals surface area contributed by atoms with Crippen LogP contribution in [0.15, 0.2) is 0 Å². The number of aliphatic carboxylic acids is 1. The van der Waals surface area contributed by atoms with Crippen molar-refractivity contribution in [3.8, 4) is 0 Å². The molecule has 2 atom stereocenters. The third kappa shape index (κ3) is 2.48. The molecule has 3 saturated heterocycles. The summed E-state index contributed by atoms with van der Waals surface area (Å²) in [6.07, 6.45) is 6.05. The van der Waals surface area contributed by atoms with E-state index in [4.69, 9.17) is 4.74 Å². The average Bonchev–Trinajstić information content (AvgIpc) is 2.83. The number of carboxylic acid groups (broad SMARTS) is 1. The highest BCUT2D eigenvalue weighted by Gasteiger charge is 2.49. The molecule has 5 heteroatoms. The Bertz CT molecular complexity index is 378. The van der Waals surface area contributed by atoms with E-state index < -0.39 is 11.5 Å².